The summed E-state index contributed by atoms with van der Waals surface area (Å²) in [6.45, 7) is 17.7. The van der Waals surface area contributed by atoms with Crippen LogP contribution in [0.4, 0.5) is 0 Å². The van der Waals surface area contributed by atoms with Crippen molar-refractivity contribution in [1.82, 2.24) is 0 Å². The summed E-state index contributed by atoms with van der Waals surface area (Å²) in [4.78, 5) is 47.6. The third kappa shape index (κ3) is 37.7. The van der Waals surface area contributed by atoms with Gasteiger partial charge in [0.05, 0.1) is 0 Å². The second-order valence-electron chi connectivity index (χ2n) is 11.3. The van der Waals surface area contributed by atoms with Crippen LogP contribution in [0.2, 0.25) is 0 Å². The first-order chi connectivity index (χ1) is 26.4. The zero-order chi connectivity index (χ0) is 43.6. The van der Waals surface area contributed by atoms with Crippen LogP contribution in [0.3, 0.4) is 0 Å². The summed E-state index contributed by atoms with van der Waals surface area (Å²) in [7, 11) is -7.29. The van der Waals surface area contributed by atoms with Crippen LogP contribution in [0.5, 0.6) is 5.75 Å². The largest absolute Gasteiger partial charge is 0.508 e. The number of rotatable bonds is 11. The summed E-state index contributed by atoms with van der Waals surface area (Å²) in [6.07, 6.45) is 0.917. The van der Waals surface area contributed by atoms with Gasteiger partial charge in [0, 0.05) is 17.9 Å². The summed E-state index contributed by atoms with van der Waals surface area (Å²) in [5.74, 6) is 0.152. The second-order valence-corrected chi connectivity index (χ2v) is 15.3. The van der Waals surface area contributed by atoms with E-state index in [4.69, 9.17) is 40.6 Å². The van der Waals surface area contributed by atoms with Crippen molar-refractivity contribution >= 4 is 15.2 Å². The molecule has 0 unspecified atom stereocenters. The van der Waals surface area contributed by atoms with Crippen LogP contribution >= 0.6 is 15.2 Å². The van der Waals surface area contributed by atoms with Crippen molar-refractivity contribution in [2.24, 2.45) is 0 Å². The Kier molecular flexibility index (Phi) is 38.7. The molecule has 0 aliphatic carbocycles. The van der Waals surface area contributed by atoms with Crippen LogP contribution < -0.4 is 0 Å². The lowest BCUT2D eigenvalue weighted by molar-refractivity contribution is -0.253. The summed E-state index contributed by atoms with van der Waals surface area (Å²) >= 11 is 0. The molecular weight excluding hydrogens is 782 g/mol. The average molecular weight is 847 g/mol. The number of phenols is 1. The van der Waals surface area contributed by atoms with Gasteiger partial charge in [-0.1, -0.05) is 124 Å². The second kappa shape index (κ2) is 36.7. The number of phenolic OH excluding ortho intramolecular Hbond substituents is 1. The minimum absolute atomic E-state index is 0. The highest BCUT2D eigenvalue weighted by Crippen LogP contribution is 2.33. The average Bonchev–Trinajstić information content (AvgIpc) is 3.16. The maximum absolute atomic E-state index is 9.69. The predicted molar refractivity (Wildman–Crippen MR) is 224 cm³/mol. The Bertz CT molecular complexity index is 1600. The Hall–Kier alpha value is -3.60. The minimum atomic E-state index is -3.65. The van der Waals surface area contributed by atoms with Crippen molar-refractivity contribution in [1.29, 1.82) is 0 Å². The maximum Gasteiger partial charge on any atom is 0.325 e. The predicted octanol–water partition coefficient (Wildman–Crippen LogP) is 9.70. The first-order valence-electron chi connectivity index (χ1n) is 17.0. The van der Waals surface area contributed by atoms with Gasteiger partial charge in [-0.2, -0.15) is 0 Å². The topological polar surface area (TPSA) is 253 Å². The van der Waals surface area contributed by atoms with E-state index in [2.05, 4.69) is 39.6 Å². The van der Waals surface area contributed by atoms with E-state index in [0.717, 1.165) is 28.7 Å². The van der Waals surface area contributed by atoms with E-state index >= 15 is 0 Å². The van der Waals surface area contributed by atoms with E-state index in [-0.39, 0.29) is 51.9 Å². The fourth-order valence-electron chi connectivity index (χ4n) is 3.45. The molecule has 15 nitrogen and oxygen atoms in total. The zero-order valence-corrected chi connectivity index (χ0v) is 34.7. The van der Waals surface area contributed by atoms with Gasteiger partial charge in [-0.3, -0.25) is 30.2 Å². The maximum atomic E-state index is 9.69. The third-order valence-electron chi connectivity index (χ3n) is 6.61. The molecule has 0 bridgehead atoms. The van der Waals surface area contributed by atoms with Crippen LogP contribution in [0.15, 0.2) is 104 Å². The molecule has 0 fully saturated rings. The molecule has 0 radical (unpaired) electrons. The monoisotopic (exact) mass is 846 g/mol. The molecule has 4 aromatic carbocycles. The highest BCUT2D eigenvalue weighted by Gasteiger charge is 2.05. The van der Waals surface area contributed by atoms with Gasteiger partial charge in [-0.15, -0.1) is 13.2 Å². The molecule has 324 valence electrons. The summed E-state index contributed by atoms with van der Waals surface area (Å²) < 4.78 is 19.4. The van der Waals surface area contributed by atoms with Crippen LogP contribution in [0.1, 0.15) is 72.7 Å². The van der Waals surface area contributed by atoms with Gasteiger partial charge in [0.1, 0.15) is 32.2 Å². The van der Waals surface area contributed by atoms with Gasteiger partial charge in [0.2, 0.25) is 0 Å². The first-order valence-corrected chi connectivity index (χ1v) is 20.6. The van der Waals surface area contributed by atoms with Crippen LogP contribution in [-0.4, -0.2) is 58.0 Å². The summed E-state index contributed by atoms with van der Waals surface area (Å²) in [6, 6.07) is 28.8. The van der Waals surface area contributed by atoms with Crippen LogP contribution in [0, 0.1) is 20.8 Å². The van der Waals surface area contributed by atoms with Crippen LogP contribution in [0.25, 0.3) is 0 Å². The quantitative estimate of drug-likeness (QED) is 0.0295. The van der Waals surface area contributed by atoms with E-state index in [0.29, 0.717) is 5.56 Å². The third-order valence-corrected chi connectivity index (χ3v) is 8.26. The van der Waals surface area contributed by atoms with Gasteiger partial charge in [-0.05, 0) is 61.1 Å². The molecule has 9 N–H and O–H groups in total. The zero-order valence-electron chi connectivity index (χ0n) is 32.9. The summed E-state index contributed by atoms with van der Waals surface area (Å²) in [5.41, 5.74) is 8.20. The molecule has 0 atom stereocenters. The standard InChI is InChI=1S/C9H12O2.C8H10O3.2C8H10O2.2C2H7O3P.C2H4.CH4/c1-2-8-3-5-9(6-4-8)7-11-10;1-6-2-3-7(5-11-10)8(9)4-6;1-7-2-4-8(5-3-7)6-10-9;1-7-3-2-4-8(5-7)6-10-9;2*1-2-6(3,4)5;1-2;/h3-6,10H,2,7H2,1H3;2-4,9-10H,5H2,1H3;2*2-5,9H,6H2,1H3;2*2H2,1H3,(H2,3,4,5);1-2H2;1H4. The normalized spacial score (nSPS) is 9.86. The fourth-order valence-corrected chi connectivity index (χ4v) is 3.45. The Morgan fingerprint density at radius 3 is 1.21 bits per heavy atom. The fraction of sp³-hybridized carbons (Fsp3) is 0.350. The Labute approximate surface area is 337 Å². The number of aromatic hydroxyl groups is 1. The van der Waals surface area contributed by atoms with Gasteiger partial charge in [0.25, 0.3) is 0 Å². The molecule has 0 heterocycles. The Balaban J connectivity index is -0.000000296. The molecule has 17 heteroatoms. The van der Waals surface area contributed by atoms with Gasteiger partial charge >= 0.3 is 15.2 Å². The minimum Gasteiger partial charge on any atom is -0.508 e. The van der Waals surface area contributed by atoms with E-state index in [1.54, 1.807) is 12.1 Å². The SMILES string of the molecule is C.C=C.CCP(=O)(O)O.CCP(=O)(O)O.CCc1ccc(COO)cc1.Cc1ccc(COO)c(O)c1.Cc1ccc(COO)cc1.Cc1cccc(COO)c1. The molecule has 0 aliphatic rings. The van der Waals surface area contributed by atoms with Gasteiger partial charge in [0.15, 0.2) is 0 Å². The van der Waals surface area contributed by atoms with Crippen molar-refractivity contribution in [3.63, 3.8) is 0 Å². The molecule has 0 saturated heterocycles. The molecule has 57 heavy (non-hydrogen) atoms. The van der Waals surface area contributed by atoms with Crippen LogP contribution in [-0.2, 0) is 61.5 Å². The van der Waals surface area contributed by atoms with E-state index in [1.807, 2.05) is 99.6 Å². The molecule has 0 spiro atoms. The molecule has 4 aromatic rings. The van der Waals surface area contributed by atoms with E-state index < -0.39 is 15.2 Å². The Morgan fingerprint density at radius 2 is 0.860 bits per heavy atom. The van der Waals surface area contributed by atoms with E-state index in [1.165, 1.54) is 30.5 Å². The van der Waals surface area contributed by atoms with Crippen molar-refractivity contribution < 1.29 is 74.4 Å². The molecule has 0 aromatic heterocycles. The van der Waals surface area contributed by atoms with Crippen molar-refractivity contribution in [3.8, 4) is 5.75 Å². The number of hydrogen-bond donors (Lipinski definition) is 9. The molecule has 0 saturated carbocycles. The lowest BCUT2D eigenvalue weighted by Crippen LogP contribution is -1.88. The highest BCUT2D eigenvalue weighted by atomic mass is 31.2. The number of hydrogen-bond acceptors (Lipinski definition) is 11. The number of aryl methyl sites for hydroxylation is 4. The smallest absolute Gasteiger partial charge is 0.325 e. The first kappa shape index (κ1) is 60.1. The van der Waals surface area contributed by atoms with Gasteiger partial charge < -0.3 is 24.7 Å². The summed E-state index contributed by atoms with van der Waals surface area (Å²) in [5, 5.41) is 41.7. The lowest BCUT2D eigenvalue weighted by atomic mass is 10.1. The lowest BCUT2D eigenvalue weighted by Gasteiger charge is -2.01. The van der Waals surface area contributed by atoms with Gasteiger partial charge in [-0.25, -0.2) is 19.6 Å². The molecule has 0 amide bonds. The molecule has 4 rings (SSSR count). The van der Waals surface area contributed by atoms with Crippen molar-refractivity contribution in [3.05, 3.63) is 149 Å². The Morgan fingerprint density at radius 1 is 0.509 bits per heavy atom. The molecular formula is C40H64O15P2. The van der Waals surface area contributed by atoms with Crippen molar-refractivity contribution in [2.45, 2.75) is 81.8 Å². The molecule has 0 aliphatic heterocycles. The van der Waals surface area contributed by atoms with Crippen molar-refractivity contribution in [2.75, 3.05) is 12.3 Å². The highest BCUT2D eigenvalue weighted by molar-refractivity contribution is 7.51. The van der Waals surface area contributed by atoms with E-state index in [9.17, 15) is 14.2 Å². The number of benzene rings is 4.